The molecule has 1 atom stereocenters. The van der Waals surface area contributed by atoms with E-state index in [2.05, 4.69) is 10.6 Å². The van der Waals surface area contributed by atoms with Crippen LogP contribution >= 0.6 is 0 Å². The lowest BCUT2D eigenvalue weighted by molar-refractivity contribution is -0.114. The van der Waals surface area contributed by atoms with Crippen molar-refractivity contribution in [2.75, 3.05) is 22.6 Å². The van der Waals surface area contributed by atoms with Crippen molar-refractivity contribution in [3.05, 3.63) is 24.0 Å². The zero-order chi connectivity index (χ0) is 14.6. The molecule has 0 spiro atoms. The Morgan fingerprint density at radius 3 is 2.58 bits per heavy atom. The van der Waals surface area contributed by atoms with Crippen molar-refractivity contribution in [2.45, 2.75) is 19.9 Å². The van der Waals surface area contributed by atoms with E-state index in [4.69, 9.17) is 0 Å². The van der Waals surface area contributed by atoms with E-state index in [0.29, 0.717) is 5.69 Å². The number of hydrogen-bond acceptors (Lipinski definition) is 4. The Morgan fingerprint density at radius 2 is 2.05 bits per heavy atom. The number of sulfone groups is 1. The van der Waals surface area contributed by atoms with Crippen LogP contribution in [-0.4, -0.2) is 32.4 Å². The Kier molecular flexibility index (Phi) is 4.88. The number of rotatable bonds is 5. The lowest BCUT2D eigenvalue weighted by Gasteiger charge is -2.15. The molecule has 0 aliphatic rings. The van der Waals surface area contributed by atoms with E-state index in [0.717, 1.165) is 6.26 Å². The average Bonchev–Trinajstić information content (AvgIpc) is 2.19. The van der Waals surface area contributed by atoms with Crippen LogP contribution in [-0.2, 0) is 14.6 Å². The third-order valence-electron chi connectivity index (χ3n) is 2.24. The molecular weight excluding hydrogens is 271 g/mol. The van der Waals surface area contributed by atoms with E-state index in [1.54, 1.807) is 6.92 Å². The third kappa shape index (κ3) is 5.69. The number of nitrogens with one attached hydrogen (secondary N) is 2. The maximum absolute atomic E-state index is 13.4. The predicted molar refractivity (Wildman–Crippen MR) is 73.5 cm³/mol. The smallest absolute Gasteiger partial charge is 0.221 e. The molecule has 1 aromatic carbocycles. The van der Waals surface area contributed by atoms with Crippen molar-refractivity contribution in [1.29, 1.82) is 0 Å². The number of halogens is 1. The van der Waals surface area contributed by atoms with Crippen LogP contribution in [0.15, 0.2) is 18.2 Å². The molecule has 0 aliphatic carbocycles. The fourth-order valence-corrected chi connectivity index (χ4v) is 2.67. The molecule has 106 valence electrons. The van der Waals surface area contributed by atoms with Crippen molar-refractivity contribution in [3.8, 4) is 0 Å². The molecule has 1 rings (SSSR count). The fraction of sp³-hybridized carbons (Fsp3) is 0.417. The van der Waals surface area contributed by atoms with Crippen LogP contribution in [0.25, 0.3) is 0 Å². The largest absolute Gasteiger partial charge is 0.382 e. The minimum atomic E-state index is -3.09. The highest BCUT2D eigenvalue weighted by molar-refractivity contribution is 7.90. The van der Waals surface area contributed by atoms with E-state index < -0.39 is 15.7 Å². The Balaban J connectivity index is 2.82. The van der Waals surface area contributed by atoms with Gasteiger partial charge in [0.25, 0.3) is 0 Å². The van der Waals surface area contributed by atoms with Crippen molar-refractivity contribution < 1.29 is 17.6 Å². The summed E-state index contributed by atoms with van der Waals surface area (Å²) in [7, 11) is -3.09. The molecule has 1 aromatic rings. The minimum absolute atomic E-state index is 0.0279. The van der Waals surface area contributed by atoms with Gasteiger partial charge in [-0.3, -0.25) is 4.79 Å². The van der Waals surface area contributed by atoms with Gasteiger partial charge in [-0.2, -0.15) is 0 Å². The zero-order valence-electron chi connectivity index (χ0n) is 11.0. The van der Waals surface area contributed by atoms with E-state index in [1.165, 1.54) is 25.1 Å². The summed E-state index contributed by atoms with van der Waals surface area (Å²) in [6.45, 7) is 2.99. The van der Waals surface area contributed by atoms with Crippen LogP contribution in [0.4, 0.5) is 15.8 Å². The predicted octanol–water partition coefficient (Wildman–Crippen LogP) is 1.63. The van der Waals surface area contributed by atoms with Crippen LogP contribution in [0.1, 0.15) is 13.8 Å². The van der Waals surface area contributed by atoms with Crippen molar-refractivity contribution in [1.82, 2.24) is 0 Å². The van der Waals surface area contributed by atoms with Crippen LogP contribution < -0.4 is 10.6 Å². The number of hydrogen-bond donors (Lipinski definition) is 2. The number of anilines is 2. The highest BCUT2D eigenvalue weighted by Crippen LogP contribution is 2.20. The summed E-state index contributed by atoms with van der Waals surface area (Å²) in [5, 5.41) is 5.30. The highest BCUT2D eigenvalue weighted by Gasteiger charge is 2.11. The van der Waals surface area contributed by atoms with Crippen LogP contribution in [0, 0.1) is 5.82 Å². The van der Waals surface area contributed by atoms with Crippen LogP contribution in [0.3, 0.4) is 0 Å². The standard InChI is InChI=1S/C12H17FN2O3S/c1-8(7-19(3,17)18)14-10-4-5-11(13)12(6-10)15-9(2)16/h4-6,8,14H,7H2,1-3H3,(H,15,16). The monoisotopic (exact) mass is 288 g/mol. The molecule has 1 amide bonds. The van der Waals surface area contributed by atoms with E-state index in [-0.39, 0.29) is 23.4 Å². The van der Waals surface area contributed by atoms with Gasteiger partial charge in [0.15, 0.2) is 0 Å². The molecule has 0 aromatic heterocycles. The molecule has 0 radical (unpaired) electrons. The van der Waals surface area contributed by atoms with Crippen molar-refractivity contribution in [2.24, 2.45) is 0 Å². The van der Waals surface area contributed by atoms with Crippen molar-refractivity contribution in [3.63, 3.8) is 0 Å². The first-order valence-electron chi connectivity index (χ1n) is 5.69. The number of benzene rings is 1. The maximum Gasteiger partial charge on any atom is 0.221 e. The zero-order valence-corrected chi connectivity index (χ0v) is 11.8. The Morgan fingerprint density at radius 1 is 1.42 bits per heavy atom. The molecule has 0 saturated heterocycles. The van der Waals surface area contributed by atoms with Crippen LogP contribution in [0.2, 0.25) is 0 Å². The molecule has 0 fully saturated rings. The lowest BCUT2D eigenvalue weighted by Crippen LogP contribution is -2.25. The maximum atomic E-state index is 13.4. The quantitative estimate of drug-likeness (QED) is 0.863. The van der Waals surface area contributed by atoms with Crippen LogP contribution in [0.5, 0.6) is 0 Å². The summed E-state index contributed by atoms with van der Waals surface area (Å²) in [6, 6.07) is 3.81. The van der Waals surface area contributed by atoms with E-state index in [9.17, 15) is 17.6 Å². The summed E-state index contributed by atoms with van der Waals surface area (Å²) in [4.78, 5) is 10.9. The van der Waals surface area contributed by atoms with Gasteiger partial charge >= 0.3 is 0 Å². The number of carbonyl (C=O) groups excluding carboxylic acids is 1. The molecule has 0 aliphatic heterocycles. The average molecular weight is 288 g/mol. The molecule has 2 N–H and O–H groups in total. The normalized spacial score (nSPS) is 12.8. The third-order valence-corrected chi connectivity index (χ3v) is 3.35. The fourth-order valence-electron chi connectivity index (χ4n) is 1.68. The topological polar surface area (TPSA) is 75.3 Å². The molecule has 5 nitrogen and oxygen atoms in total. The van der Waals surface area contributed by atoms with Gasteiger partial charge in [0, 0.05) is 24.9 Å². The number of carbonyl (C=O) groups is 1. The SMILES string of the molecule is CC(=O)Nc1cc(NC(C)CS(C)(=O)=O)ccc1F. The van der Waals surface area contributed by atoms with Gasteiger partial charge in [-0.05, 0) is 25.1 Å². The second kappa shape index (κ2) is 6.01. The molecule has 1 unspecified atom stereocenters. The number of amides is 1. The Bertz CT molecular complexity index is 572. The lowest BCUT2D eigenvalue weighted by atomic mass is 10.2. The van der Waals surface area contributed by atoms with Gasteiger partial charge in [-0.15, -0.1) is 0 Å². The van der Waals surface area contributed by atoms with E-state index in [1.807, 2.05) is 0 Å². The van der Waals surface area contributed by atoms with Gasteiger partial charge in [-0.1, -0.05) is 0 Å². The Labute approximate surface area is 112 Å². The molecule has 19 heavy (non-hydrogen) atoms. The Hall–Kier alpha value is -1.63. The van der Waals surface area contributed by atoms with Gasteiger partial charge in [0.2, 0.25) is 5.91 Å². The minimum Gasteiger partial charge on any atom is -0.382 e. The van der Waals surface area contributed by atoms with Gasteiger partial charge in [-0.25, -0.2) is 12.8 Å². The van der Waals surface area contributed by atoms with Gasteiger partial charge in [0.05, 0.1) is 11.4 Å². The summed E-state index contributed by atoms with van der Waals surface area (Å²) in [5.74, 6) is -0.948. The van der Waals surface area contributed by atoms with E-state index >= 15 is 0 Å². The van der Waals surface area contributed by atoms with Crippen molar-refractivity contribution >= 4 is 27.1 Å². The molecular formula is C12H17FN2O3S. The molecule has 0 bridgehead atoms. The summed E-state index contributed by atoms with van der Waals surface area (Å²) in [5.41, 5.74) is 0.602. The molecule has 0 saturated carbocycles. The molecule has 7 heteroatoms. The first-order chi connectivity index (χ1) is 8.67. The first kappa shape index (κ1) is 15.4. The van der Waals surface area contributed by atoms with Gasteiger partial charge in [0.1, 0.15) is 15.7 Å². The summed E-state index contributed by atoms with van der Waals surface area (Å²) in [6.07, 6.45) is 1.15. The van der Waals surface area contributed by atoms with Gasteiger partial charge < -0.3 is 10.6 Å². The second-order valence-electron chi connectivity index (χ2n) is 4.51. The second-order valence-corrected chi connectivity index (χ2v) is 6.70. The summed E-state index contributed by atoms with van der Waals surface area (Å²) >= 11 is 0. The highest BCUT2D eigenvalue weighted by atomic mass is 32.2. The first-order valence-corrected chi connectivity index (χ1v) is 7.75. The molecule has 0 heterocycles. The summed E-state index contributed by atoms with van der Waals surface area (Å²) < 4.78 is 35.7.